The zero-order valence-corrected chi connectivity index (χ0v) is 9.87. The number of benzene rings is 1. The molecule has 0 bridgehead atoms. The van der Waals surface area contributed by atoms with E-state index in [2.05, 4.69) is 21.2 Å². The number of anilines is 1. The number of hydrogen-bond donors (Lipinski definition) is 2. The molecule has 0 atom stereocenters. The van der Waals surface area contributed by atoms with Crippen LogP contribution in [0.4, 0.5) is 5.69 Å². The van der Waals surface area contributed by atoms with Crippen LogP contribution in [0.25, 0.3) is 0 Å². The second kappa shape index (κ2) is 5.72. The number of carboxylic acid groups (broad SMARTS) is 1. The molecule has 1 aromatic carbocycles. The highest BCUT2D eigenvalue weighted by Crippen LogP contribution is 2.19. The molecule has 0 saturated carbocycles. The van der Waals surface area contributed by atoms with E-state index in [1.165, 1.54) is 0 Å². The lowest BCUT2D eigenvalue weighted by Crippen LogP contribution is -2.08. The summed E-state index contributed by atoms with van der Waals surface area (Å²) in [6.07, 6.45) is 0. The molecule has 0 amide bonds. The number of halogens is 1. The fourth-order valence-corrected chi connectivity index (χ4v) is 1.61. The summed E-state index contributed by atoms with van der Waals surface area (Å²) >= 11 is 3.26. The molecule has 0 fully saturated rings. The van der Waals surface area contributed by atoms with Crippen molar-refractivity contribution in [2.45, 2.75) is 0 Å². The van der Waals surface area contributed by atoms with Gasteiger partial charge in [-0.05, 0) is 18.2 Å². The summed E-state index contributed by atoms with van der Waals surface area (Å²) in [4.78, 5) is 10.8. The van der Waals surface area contributed by atoms with Crippen LogP contribution < -0.4 is 5.32 Å². The van der Waals surface area contributed by atoms with Gasteiger partial charge in [-0.3, -0.25) is 0 Å². The minimum atomic E-state index is -0.939. The molecule has 1 rings (SSSR count). The van der Waals surface area contributed by atoms with Crippen LogP contribution in [0, 0.1) is 0 Å². The smallest absolute Gasteiger partial charge is 0.335 e. The summed E-state index contributed by atoms with van der Waals surface area (Å²) < 4.78 is 5.62. The number of rotatable bonds is 5. The molecule has 0 spiro atoms. The monoisotopic (exact) mass is 273 g/mol. The van der Waals surface area contributed by atoms with Crippen LogP contribution >= 0.6 is 15.9 Å². The van der Waals surface area contributed by atoms with Crippen LogP contribution in [0.2, 0.25) is 0 Å². The topological polar surface area (TPSA) is 58.6 Å². The Hall–Kier alpha value is -1.07. The van der Waals surface area contributed by atoms with Crippen molar-refractivity contribution in [2.24, 2.45) is 0 Å². The Morgan fingerprint density at radius 2 is 2.27 bits per heavy atom. The van der Waals surface area contributed by atoms with Gasteiger partial charge in [0.05, 0.1) is 12.2 Å². The molecule has 1 aromatic rings. The predicted octanol–water partition coefficient (Wildman–Crippen LogP) is 2.21. The highest BCUT2D eigenvalue weighted by molar-refractivity contribution is 9.10. The molecule has 2 N–H and O–H groups in total. The third kappa shape index (κ3) is 3.89. The molecule has 0 heterocycles. The molecule has 5 heteroatoms. The van der Waals surface area contributed by atoms with Gasteiger partial charge < -0.3 is 15.2 Å². The Balaban J connectivity index is 2.75. The van der Waals surface area contributed by atoms with Gasteiger partial charge in [0.2, 0.25) is 0 Å². The molecule has 0 unspecified atom stereocenters. The molecule has 0 radical (unpaired) electrons. The van der Waals surface area contributed by atoms with Crippen molar-refractivity contribution >= 4 is 27.6 Å². The molecule has 0 aliphatic heterocycles. The van der Waals surface area contributed by atoms with E-state index in [1.54, 1.807) is 19.2 Å². The summed E-state index contributed by atoms with van der Waals surface area (Å²) in [5.74, 6) is -0.939. The minimum absolute atomic E-state index is 0.254. The Morgan fingerprint density at radius 3 is 2.87 bits per heavy atom. The largest absolute Gasteiger partial charge is 0.478 e. The lowest BCUT2D eigenvalue weighted by molar-refractivity contribution is 0.0697. The minimum Gasteiger partial charge on any atom is -0.478 e. The number of hydrogen-bond acceptors (Lipinski definition) is 3. The highest BCUT2D eigenvalue weighted by Gasteiger charge is 2.05. The van der Waals surface area contributed by atoms with E-state index >= 15 is 0 Å². The van der Waals surface area contributed by atoms with Crippen molar-refractivity contribution in [2.75, 3.05) is 25.6 Å². The third-order valence-electron chi connectivity index (χ3n) is 1.78. The van der Waals surface area contributed by atoms with Crippen molar-refractivity contribution in [3.8, 4) is 0 Å². The second-order valence-electron chi connectivity index (χ2n) is 2.95. The number of aromatic carboxylic acids is 1. The lowest BCUT2D eigenvalue weighted by Gasteiger charge is -2.07. The fourth-order valence-electron chi connectivity index (χ4n) is 1.11. The molecule has 0 aliphatic rings. The normalized spacial score (nSPS) is 10.0. The number of nitrogens with one attached hydrogen (secondary N) is 1. The van der Waals surface area contributed by atoms with Gasteiger partial charge in [-0.25, -0.2) is 4.79 Å². The van der Waals surface area contributed by atoms with Gasteiger partial charge in [0.15, 0.2) is 0 Å². The molecule has 82 valence electrons. The number of methoxy groups -OCH3 is 1. The summed E-state index contributed by atoms with van der Waals surface area (Å²) in [5, 5.41) is 11.9. The van der Waals surface area contributed by atoms with Gasteiger partial charge in [-0.1, -0.05) is 15.9 Å². The zero-order chi connectivity index (χ0) is 11.3. The van der Waals surface area contributed by atoms with Gasteiger partial charge in [-0.15, -0.1) is 0 Å². The highest BCUT2D eigenvalue weighted by atomic mass is 79.9. The first-order valence-corrected chi connectivity index (χ1v) is 5.19. The number of ether oxygens (including phenoxy) is 1. The zero-order valence-electron chi connectivity index (χ0n) is 8.29. The molecule has 0 aliphatic carbocycles. The average molecular weight is 274 g/mol. The van der Waals surface area contributed by atoms with Crippen LogP contribution in [0.1, 0.15) is 10.4 Å². The van der Waals surface area contributed by atoms with Gasteiger partial charge in [0.1, 0.15) is 0 Å². The maximum atomic E-state index is 10.8. The van der Waals surface area contributed by atoms with Crippen molar-refractivity contribution < 1.29 is 14.6 Å². The SMILES string of the molecule is COCCNc1cc(Br)cc(C(=O)O)c1. The van der Waals surface area contributed by atoms with E-state index in [1.807, 2.05) is 6.07 Å². The van der Waals surface area contributed by atoms with Gasteiger partial charge in [-0.2, -0.15) is 0 Å². The predicted molar refractivity (Wildman–Crippen MR) is 61.5 cm³/mol. The summed E-state index contributed by atoms with van der Waals surface area (Å²) in [6, 6.07) is 4.97. The summed E-state index contributed by atoms with van der Waals surface area (Å²) in [6.45, 7) is 1.22. The van der Waals surface area contributed by atoms with E-state index < -0.39 is 5.97 Å². The fraction of sp³-hybridized carbons (Fsp3) is 0.300. The Labute approximate surface area is 96.4 Å². The Bertz CT molecular complexity index is 355. The van der Waals surface area contributed by atoms with Gasteiger partial charge in [0, 0.05) is 23.8 Å². The first-order valence-electron chi connectivity index (χ1n) is 4.40. The van der Waals surface area contributed by atoms with Gasteiger partial charge in [0.25, 0.3) is 0 Å². The number of carbonyl (C=O) groups is 1. The third-order valence-corrected chi connectivity index (χ3v) is 2.24. The first kappa shape index (κ1) is 12.0. The first-order chi connectivity index (χ1) is 7.13. The molecule has 4 nitrogen and oxygen atoms in total. The van der Waals surface area contributed by atoms with E-state index in [0.717, 1.165) is 10.2 Å². The maximum absolute atomic E-state index is 10.8. The Morgan fingerprint density at radius 1 is 1.53 bits per heavy atom. The van der Waals surface area contributed by atoms with Crippen LogP contribution in [0.15, 0.2) is 22.7 Å². The maximum Gasteiger partial charge on any atom is 0.335 e. The second-order valence-corrected chi connectivity index (χ2v) is 3.87. The standard InChI is InChI=1S/C10H12BrNO3/c1-15-3-2-12-9-5-7(10(13)14)4-8(11)6-9/h4-6,12H,2-3H2,1H3,(H,13,14). The number of carboxylic acids is 1. The molecule has 0 saturated heterocycles. The summed E-state index contributed by atoms with van der Waals surface area (Å²) in [5.41, 5.74) is 1.02. The van der Waals surface area contributed by atoms with Crippen LogP contribution in [0.3, 0.4) is 0 Å². The average Bonchev–Trinajstić information content (AvgIpc) is 2.17. The van der Waals surface area contributed by atoms with Crippen molar-refractivity contribution in [3.05, 3.63) is 28.2 Å². The van der Waals surface area contributed by atoms with E-state index in [-0.39, 0.29) is 5.56 Å². The van der Waals surface area contributed by atoms with Crippen molar-refractivity contribution in [1.82, 2.24) is 0 Å². The van der Waals surface area contributed by atoms with Crippen LogP contribution in [0.5, 0.6) is 0 Å². The molecular weight excluding hydrogens is 262 g/mol. The van der Waals surface area contributed by atoms with E-state index in [9.17, 15) is 4.79 Å². The Kier molecular flexibility index (Phi) is 4.58. The molecule has 0 aromatic heterocycles. The quantitative estimate of drug-likeness (QED) is 0.808. The van der Waals surface area contributed by atoms with Crippen LogP contribution in [-0.4, -0.2) is 31.3 Å². The summed E-state index contributed by atoms with van der Waals surface area (Å²) in [7, 11) is 1.62. The van der Waals surface area contributed by atoms with Crippen LogP contribution in [-0.2, 0) is 4.74 Å². The lowest BCUT2D eigenvalue weighted by atomic mass is 10.2. The van der Waals surface area contributed by atoms with Gasteiger partial charge >= 0.3 is 5.97 Å². The van der Waals surface area contributed by atoms with Crippen molar-refractivity contribution in [3.63, 3.8) is 0 Å². The van der Waals surface area contributed by atoms with E-state index in [4.69, 9.17) is 9.84 Å². The molecular formula is C10H12BrNO3. The van der Waals surface area contributed by atoms with Crippen molar-refractivity contribution in [1.29, 1.82) is 0 Å². The van der Waals surface area contributed by atoms with E-state index in [0.29, 0.717) is 13.2 Å². The molecule has 15 heavy (non-hydrogen) atoms.